The Morgan fingerprint density at radius 3 is 1.57 bits per heavy atom. The third-order valence-corrected chi connectivity index (χ3v) is 9.75. The first-order chi connectivity index (χ1) is 25.8. The Morgan fingerprint density at radius 2 is 1.02 bits per heavy atom. The molecule has 53 heavy (non-hydrogen) atoms. The molecular formula is C43H78NO8P. The van der Waals surface area contributed by atoms with Gasteiger partial charge in [-0.15, -0.1) is 0 Å². The number of phosphoric ester groups is 1. The molecule has 0 spiro atoms. The molecule has 0 aliphatic rings. The molecule has 0 aromatic rings. The molecule has 0 radical (unpaired) electrons. The minimum absolute atomic E-state index is 0.0805. The Kier molecular flexibility index (Phi) is 38.1. The largest absolute Gasteiger partial charge is 0.472 e. The lowest BCUT2D eigenvalue weighted by Gasteiger charge is -2.15. The van der Waals surface area contributed by atoms with Gasteiger partial charge < -0.3 is 20.1 Å². The van der Waals surface area contributed by atoms with Crippen molar-refractivity contribution >= 4 is 19.7 Å². The number of nitrogens with one attached hydrogen (secondary N) is 1. The van der Waals surface area contributed by atoms with Crippen molar-refractivity contribution in [2.24, 2.45) is 0 Å². The zero-order valence-electron chi connectivity index (χ0n) is 33.7. The van der Waals surface area contributed by atoms with E-state index in [0.717, 1.165) is 70.6 Å². The average molecular weight is 768 g/mol. The summed E-state index contributed by atoms with van der Waals surface area (Å²) in [4.78, 5) is 33.8. The number of amides is 1. The summed E-state index contributed by atoms with van der Waals surface area (Å²) in [6.07, 6.45) is 44.7. The van der Waals surface area contributed by atoms with Crippen LogP contribution in [-0.2, 0) is 27.9 Å². The molecule has 0 fully saturated rings. The molecule has 0 aromatic heterocycles. The Morgan fingerprint density at radius 1 is 0.585 bits per heavy atom. The predicted octanol–water partition coefficient (Wildman–Crippen LogP) is 11.5. The van der Waals surface area contributed by atoms with Crippen molar-refractivity contribution in [2.75, 3.05) is 26.4 Å². The number of carbonyl (C=O) groups excluding carboxylic acids is 2. The molecule has 0 saturated heterocycles. The van der Waals surface area contributed by atoms with E-state index in [2.05, 4.69) is 67.8 Å². The summed E-state index contributed by atoms with van der Waals surface area (Å²) in [5, 5.41) is 12.7. The van der Waals surface area contributed by atoms with Crippen molar-refractivity contribution in [3.05, 3.63) is 48.6 Å². The smallest absolute Gasteiger partial charge is 0.463 e. The topological polar surface area (TPSA) is 131 Å². The van der Waals surface area contributed by atoms with Crippen LogP contribution in [0.15, 0.2) is 48.6 Å². The second-order valence-electron chi connectivity index (χ2n) is 14.0. The summed E-state index contributed by atoms with van der Waals surface area (Å²) >= 11 is 0. The maximum Gasteiger partial charge on any atom is 0.472 e. The van der Waals surface area contributed by atoms with E-state index in [-0.39, 0.29) is 32.1 Å². The molecule has 3 N–H and O–H groups in total. The summed E-state index contributed by atoms with van der Waals surface area (Å²) in [7, 11) is -4.41. The third-order valence-electron chi connectivity index (χ3n) is 8.76. The first-order valence-corrected chi connectivity index (χ1v) is 22.6. The lowest BCUT2D eigenvalue weighted by atomic mass is 10.1. The second-order valence-corrected chi connectivity index (χ2v) is 15.4. The predicted molar refractivity (Wildman–Crippen MR) is 220 cm³/mol. The van der Waals surface area contributed by atoms with Crippen LogP contribution in [0.3, 0.4) is 0 Å². The number of esters is 1. The van der Waals surface area contributed by atoms with Gasteiger partial charge in [0.1, 0.15) is 12.7 Å². The van der Waals surface area contributed by atoms with Crippen molar-refractivity contribution in [2.45, 2.75) is 187 Å². The van der Waals surface area contributed by atoms with Gasteiger partial charge in [-0.05, 0) is 57.8 Å². The molecule has 0 saturated carbocycles. The molecule has 0 aliphatic heterocycles. The van der Waals surface area contributed by atoms with E-state index in [0.29, 0.717) is 6.42 Å². The lowest BCUT2D eigenvalue weighted by Crippen LogP contribution is -2.27. The zero-order chi connectivity index (χ0) is 38.9. The highest BCUT2D eigenvalue weighted by Gasteiger charge is 2.23. The fourth-order valence-corrected chi connectivity index (χ4v) is 6.30. The Bertz CT molecular complexity index is 1010. The number of allylic oxidation sites excluding steroid dienone is 8. The highest BCUT2D eigenvalue weighted by Crippen LogP contribution is 2.42. The number of hydrogen-bond acceptors (Lipinski definition) is 7. The average Bonchev–Trinajstić information content (AvgIpc) is 3.14. The van der Waals surface area contributed by atoms with E-state index >= 15 is 0 Å². The van der Waals surface area contributed by atoms with E-state index in [1.807, 2.05) is 0 Å². The minimum Gasteiger partial charge on any atom is -0.463 e. The van der Waals surface area contributed by atoms with Crippen LogP contribution in [0, 0.1) is 0 Å². The van der Waals surface area contributed by atoms with Gasteiger partial charge in [-0.25, -0.2) is 4.57 Å². The zero-order valence-corrected chi connectivity index (χ0v) is 34.6. The highest BCUT2D eigenvalue weighted by molar-refractivity contribution is 7.47. The molecule has 308 valence electrons. The molecule has 10 heteroatoms. The normalized spacial score (nSPS) is 13.8. The van der Waals surface area contributed by atoms with E-state index in [1.165, 1.54) is 83.5 Å². The Labute approximate surface area is 324 Å². The molecule has 0 aliphatic carbocycles. The molecule has 2 unspecified atom stereocenters. The van der Waals surface area contributed by atoms with E-state index in [4.69, 9.17) is 13.8 Å². The summed E-state index contributed by atoms with van der Waals surface area (Å²) in [5.74, 6) is -0.531. The number of aliphatic hydroxyl groups excluding tert-OH is 1. The van der Waals surface area contributed by atoms with Gasteiger partial charge in [0.25, 0.3) is 0 Å². The summed E-state index contributed by atoms with van der Waals surface area (Å²) in [6.45, 7) is 3.48. The summed E-state index contributed by atoms with van der Waals surface area (Å²) < 4.78 is 26.8. The fourth-order valence-electron chi connectivity index (χ4n) is 5.54. The Hall–Kier alpha value is -2.03. The van der Waals surface area contributed by atoms with Crippen molar-refractivity contribution in [3.8, 4) is 0 Å². The molecule has 2 atom stereocenters. The van der Waals surface area contributed by atoms with Gasteiger partial charge in [0.15, 0.2) is 0 Å². The van der Waals surface area contributed by atoms with Gasteiger partial charge in [0.05, 0.1) is 13.2 Å². The number of phosphoric acid groups is 1. The van der Waals surface area contributed by atoms with Crippen molar-refractivity contribution in [3.63, 3.8) is 0 Å². The lowest BCUT2D eigenvalue weighted by molar-refractivity contribution is -0.147. The molecule has 9 nitrogen and oxygen atoms in total. The van der Waals surface area contributed by atoms with Crippen LogP contribution >= 0.6 is 7.82 Å². The van der Waals surface area contributed by atoms with E-state index in [9.17, 15) is 24.2 Å². The number of ether oxygens (including phenoxy) is 1. The first kappa shape index (κ1) is 51.0. The van der Waals surface area contributed by atoms with Crippen LogP contribution < -0.4 is 5.32 Å². The van der Waals surface area contributed by atoms with Gasteiger partial charge in [-0.3, -0.25) is 18.6 Å². The summed E-state index contributed by atoms with van der Waals surface area (Å²) in [5.41, 5.74) is 0. The van der Waals surface area contributed by atoms with Gasteiger partial charge in [-0.2, -0.15) is 0 Å². The van der Waals surface area contributed by atoms with Gasteiger partial charge >= 0.3 is 13.8 Å². The number of aliphatic hydroxyl groups is 1. The molecule has 0 bridgehead atoms. The van der Waals surface area contributed by atoms with Crippen LogP contribution in [0.1, 0.15) is 181 Å². The number of hydrogen-bond donors (Lipinski definition) is 3. The molecule has 0 rings (SSSR count). The standard InChI is InChI=1S/C43H78NO8P/c1-3-5-7-9-11-13-14-15-16-17-18-19-20-21-22-23-24-25-26-28-30-32-34-36-43(47)50-39-41(45)40-52-53(48,49)51-38-37-44-42(46)35-33-31-29-27-12-10-8-6-4-2/h11,13,15-16,18-19,21-22,41,45H,3-10,12,14,17,20,23-40H2,1-2H3,(H,44,46)(H,48,49)/b13-11-,16-15-,19-18-,22-21-. The van der Waals surface area contributed by atoms with E-state index < -0.39 is 26.5 Å². The van der Waals surface area contributed by atoms with Crippen LogP contribution in [0.5, 0.6) is 0 Å². The molecule has 0 heterocycles. The number of rotatable bonds is 39. The van der Waals surface area contributed by atoms with Crippen LogP contribution in [0.2, 0.25) is 0 Å². The van der Waals surface area contributed by atoms with E-state index in [1.54, 1.807) is 0 Å². The van der Waals surface area contributed by atoms with Crippen LogP contribution in [0.25, 0.3) is 0 Å². The van der Waals surface area contributed by atoms with Gasteiger partial charge in [0.2, 0.25) is 5.91 Å². The SMILES string of the molecule is CCCCC/C=C\C/C=C\C/C=C\C/C=C\CCCCCCCCCC(=O)OCC(O)COP(=O)(O)OCCNC(=O)CCCCCCCCCCC. The quantitative estimate of drug-likeness (QED) is 0.0244. The molecule has 1 amide bonds. The maximum absolute atomic E-state index is 12.0. The second kappa shape index (κ2) is 39.7. The molecular weight excluding hydrogens is 689 g/mol. The van der Waals surface area contributed by atoms with Crippen molar-refractivity contribution < 1.29 is 37.9 Å². The fraction of sp³-hybridized carbons (Fsp3) is 0.767. The van der Waals surface area contributed by atoms with Crippen molar-refractivity contribution in [1.29, 1.82) is 0 Å². The monoisotopic (exact) mass is 768 g/mol. The van der Waals surface area contributed by atoms with Crippen molar-refractivity contribution in [1.82, 2.24) is 5.32 Å². The third kappa shape index (κ3) is 41.0. The minimum atomic E-state index is -4.41. The maximum atomic E-state index is 12.0. The first-order valence-electron chi connectivity index (χ1n) is 21.1. The molecule has 0 aromatic carbocycles. The Balaban J connectivity index is 3.62. The van der Waals surface area contributed by atoms with Gasteiger partial charge in [-0.1, -0.05) is 159 Å². The summed E-state index contributed by atoms with van der Waals surface area (Å²) in [6, 6.07) is 0. The van der Waals surface area contributed by atoms with Gasteiger partial charge in [0, 0.05) is 19.4 Å². The van der Waals surface area contributed by atoms with Crippen LogP contribution in [-0.4, -0.2) is 54.3 Å². The highest BCUT2D eigenvalue weighted by atomic mass is 31.2. The number of carbonyl (C=O) groups is 2. The number of unbranched alkanes of at least 4 members (excludes halogenated alkanes) is 18. The van der Waals surface area contributed by atoms with Crippen LogP contribution in [0.4, 0.5) is 0 Å².